The van der Waals surface area contributed by atoms with Gasteiger partial charge in [-0.05, 0) is 42.5 Å². The number of benzene rings is 1. The highest BCUT2D eigenvalue weighted by atomic mass is 16.5. The Kier molecular flexibility index (Phi) is 5.96. The van der Waals surface area contributed by atoms with Gasteiger partial charge in [0.15, 0.2) is 0 Å². The molecule has 26 heavy (non-hydrogen) atoms. The van der Waals surface area contributed by atoms with Gasteiger partial charge in [-0.3, -0.25) is 4.90 Å². The SMILES string of the molecule is CNC(=O)N1CC2CC(CN(C[C@@H](O)COc3ccc(C#N)cc3)C2)C1. The van der Waals surface area contributed by atoms with Crippen molar-refractivity contribution >= 4 is 6.03 Å². The molecule has 2 saturated heterocycles. The first-order valence-electron chi connectivity index (χ1n) is 9.07. The fourth-order valence-corrected chi connectivity index (χ4v) is 4.03. The van der Waals surface area contributed by atoms with E-state index in [-0.39, 0.29) is 12.6 Å². The van der Waals surface area contributed by atoms with Crippen LogP contribution in [0, 0.1) is 23.2 Å². The third-order valence-corrected chi connectivity index (χ3v) is 5.05. The van der Waals surface area contributed by atoms with E-state index in [0.29, 0.717) is 29.7 Å². The van der Waals surface area contributed by atoms with E-state index in [1.807, 2.05) is 4.90 Å². The maximum atomic E-state index is 11.8. The van der Waals surface area contributed by atoms with Crippen LogP contribution in [-0.4, -0.2) is 73.4 Å². The quantitative estimate of drug-likeness (QED) is 0.816. The maximum absolute atomic E-state index is 11.8. The molecule has 140 valence electrons. The Bertz CT molecular complexity index is 644. The first-order chi connectivity index (χ1) is 12.6. The predicted molar refractivity (Wildman–Crippen MR) is 96.7 cm³/mol. The van der Waals surface area contributed by atoms with Gasteiger partial charge < -0.3 is 20.1 Å². The lowest BCUT2D eigenvalue weighted by Crippen LogP contribution is -2.56. The number of hydrogen-bond acceptors (Lipinski definition) is 5. The van der Waals surface area contributed by atoms with Crippen LogP contribution in [0.5, 0.6) is 5.75 Å². The zero-order chi connectivity index (χ0) is 18.5. The number of carbonyl (C=O) groups excluding carboxylic acids is 1. The van der Waals surface area contributed by atoms with Crippen molar-refractivity contribution in [1.29, 1.82) is 5.26 Å². The smallest absolute Gasteiger partial charge is 0.317 e. The average molecular weight is 358 g/mol. The average Bonchev–Trinajstić information content (AvgIpc) is 2.65. The molecule has 2 N–H and O–H groups in total. The van der Waals surface area contributed by atoms with Gasteiger partial charge in [-0.15, -0.1) is 0 Å². The van der Waals surface area contributed by atoms with E-state index >= 15 is 0 Å². The van der Waals surface area contributed by atoms with Crippen molar-refractivity contribution in [2.45, 2.75) is 12.5 Å². The van der Waals surface area contributed by atoms with Crippen molar-refractivity contribution in [3.63, 3.8) is 0 Å². The van der Waals surface area contributed by atoms with Crippen molar-refractivity contribution in [2.75, 3.05) is 46.4 Å². The highest BCUT2D eigenvalue weighted by Gasteiger charge is 2.36. The Hall–Kier alpha value is -2.30. The normalized spacial score (nSPS) is 23.8. The number of β-amino-alcohol motifs (C(OH)–C–C–N with tert-alkyl or cyclic N) is 1. The topological polar surface area (TPSA) is 88.8 Å². The molecule has 2 aliphatic rings. The van der Waals surface area contributed by atoms with Gasteiger partial charge in [-0.2, -0.15) is 5.26 Å². The Morgan fingerprint density at radius 3 is 2.54 bits per heavy atom. The van der Waals surface area contributed by atoms with Crippen LogP contribution >= 0.6 is 0 Å². The fraction of sp³-hybridized carbons (Fsp3) is 0.579. The van der Waals surface area contributed by atoms with Crippen LogP contribution < -0.4 is 10.1 Å². The number of fused-ring (bicyclic) bond motifs is 2. The summed E-state index contributed by atoms with van der Waals surface area (Å²) in [6, 6.07) is 8.95. The number of nitrogens with zero attached hydrogens (tertiary/aromatic N) is 3. The van der Waals surface area contributed by atoms with Gasteiger partial charge in [0.1, 0.15) is 18.5 Å². The molecule has 0 spiro atoms. The third kappa shape index (κ3) is 4.65. The number of nitriles is 1. The molecule has 3 atom stereocenters. The number of nitrogens with one attached hydrogen (secondary N) is 1. The van der Waals surface area contributed by atoms with Crippen LogP contribution in [0.3, 0.4) is 0 Å². The monoisotopic (exact) mass is 358 g/mol. The van der Waals surface area contributed by atoms with Crippen LogP contribution in [0.2, 0.25) is 0 Å². The fourth-order valence-electron chi connectivity index (χ4n) is 4.03. The molecule has 2 heterocycles. The summed E-state index contributed by atoms with van der Waals surface area (Å²) < 4.78 is 5.62. The number of amides is 2. The summed E-state index contributed by atoms with van der Waals surface area (Å²) >= 11 is 0. The van der Waals surface area contributed by atoms with Gasteiger partial charge in [0.25, 0.3) is 0 Å². The summed E-state index contributed by atoms with van der Waals surface area (Å²) in [6.45, 7) is 4.16. The molecule has 2 bridgehead atoms. The number of likely N-dealkylation sites (tertiary alicyclic amines) is 2. The van der Waals surface area contributed by atoms with E-state index in [1.165, 1.54) is 0 Å². The molecular formula is C19H26N4O3. The first kappa shape index (κ1) is 18.5. The molecule has 0 saturated carbocycles. The van der Waals surface area contributed by atoms with Crippen LogP contribution in [0.15, 0.2) is 24.3 Å². The Labute approximate surface area is 154 Å². The number of hydrogen-bond donors (Lipinski definition) is 2. The van der Waals surface area contributed by atoms with Gasteiger partial charge in [0.05, 0.1) is 11.6 Å². The van der Waals surface area contributed by atoms with Gasteiger partial charge in [0.2, 0.25) is 0 Å². The molecule has 0 aliphatic carbocycles. The van der Waals surface area contributed by atoms with Crippen LogP contribution in [0.1, 0.15) is 12.0 Å². The number of carbonyl (C=O) groups is 1. The van der Waals surface area contributed by atoms with Crippen LogP contribution in [0.25, 0.3) is 0 Å². The highest BCUT2D eigenvalue weighted by molar-refractivity contribution is 5.73. The lowest BCUT2D eigenvalue weighted by Gasteiger charge is -2.46. The van der Waals surface area contributed by atoms with E-state index in [1.54, 1.807) is 31.3 Å². The molecule has 1 aromatic rings. The van der Waals surface area contributed by atoms with Gasteiger partial charge in [-0.25, -0.2) is 4.79 Å². The molecule has 7 heteroatoms. The Balaban J connectivity index is 1.44. The van der Waals surface area contributed by atoms with Crippen molar-refractivity contribution in [3.8, 4) is 11.8 Å². The second-order valence-corrected chi connectivity index (χ2v) is 7.25. The van der Waals surface area contributed by atoms with E-state index in [2.05, 4.69) is 16.3 Å². The van der Waals surface area contributed by atoms with E-state index in [9.17, 15) is 9.90 Å². The standard InChI is InChI=1S/C19H26N4O3/c1-21-19(25)23-10-15-6-16(11-23)9-22(8-15)12-17(24)13-26-18-4-2-14(7-20)3-5-18/h2-5,15-17,24H,6,8-13H2,1H3,(H,21,25)/t15?,16?,17-/m1/s1. The highest BCUT2D eigenvalue weighted by Crippen LogP contribution is 2.28. The second-order valence-electron chi connectivity index (χ2n) is 7.25. The maximum Gasteiger partial charge on any atom is 0.317 e. The minimum atomic E-state index is -0.570. The zero-order valence-electron chi connectivity index (χ0n) is 15.1. The van der Waals surface area contributed by atoms with Crippen molar-refractivity contribution in [3.05, 3.63) is 29.8 Å². The van der Waals surface area contributed by atoms with Crippen molar-refractivity contribution < 1.29 is 14.6 Å². The number of aliphatic hydroxyl groups excluding tert-OH is 1. The summed E-state index contributed by atoms with van der Waals surface area (Å²) in [4.78, 5) is 16.0. The number of aliphatic hydroxyl groups is 1. The lowest BCUT2D eigenvalue weighted by atomic mass is 9.84. The van der Waals surface area contributed by atoms with E-state index < -0.39 is 6.10 Å². The van der Waals surface area contributed by atoms with Crippen LogP contribution in [-0.2, 0) is 0 Å². The Morgan fingerprint density at radius 1 is 1.31 bits per heavy atom. The van der Waals surface area contributed by atoms with Gasteiger partial charge in [0, 0.05) is 39.8 Å². The largest absolute Gasteiger partial charge is 0.491 e. The lowest BCUT2D eigenvalue weighted by molar-refractivity contribution is 0.00937. The van der Waals surface area contributed by atoms with E-state index in [4.69, 9.17) is 10.00 Å². The zero-order valence-corrected chi connectivity index (χ0v) is 15.1. The summed E-state index contributed by atoms with van der Waals surface area (Å²) in [6.07, 6.45) is 0.585. The van der Waals surface area contributed by atoms with Gasteiger partial charge in [-0.1, -0.05) is 0 Å². The predicted octanol–water partition coefficient (Wildman–Crippen LogP) is 0.891. The molecular weight excluding hydrogens is 332 g/mol. The molecule has 0 aromatic heterocycles. The van der Waals surface area contributed by atoms with Gasteiger partial charge >= 0.3 is 6.03 Å². The van der Waals surface area contributed by atoms with Crippen LogP contribution in [0.4, 0.5) is 4.79 Å². The molecule has 7 nitrogen and oxygen atoms in total. The summed E-state index contributed by atoms with van der Waals surface area (Å²) in [5.41, 5.74) is 0.587. The second kappa shape index (κ2) is 8.39. The Morgan fingerprint density at radius 2 is 1.96 bits per heavy atom. The number of rotatable bonds is 5. The number of urea groups is 1. The number of piperidine rings is 2. The molecule has 2 amide bonds. The first-order valence-corrected chi connectivity index (χ1v) is 9.07. The summed E-state index contributed by atoms with van der Waals surface area (Å²) in [5.74, 6) is 1.58. The minimum Gasteiger partial charge on any atom is -0.491 e. The molecule has 2 fully saturated rings. The number of ether oxygens (including phenoxy) is 1. The minimum absolute atomic E-state index is 0.00370. The molecule has 2 unspecified atom stereocenters. The van der Waals surface area contributed by atoms with Crippen molar-refractivity contribution in [2.24, 2.45) is 11.8 Å². The van der Waals surface area contributed by atoms with E-state index in [0.717, 1.165) is 32.6 Å². The summed E-state index contributed by atoms with van der Waals surface area (Å²) in [5, 5.41) is 21.8. The summed E-state index contributed by atoms with van der Waals surface area (Å²) in [7, 11) is 1.67. The molecule has 2 aliphatic heterocycles. The third-order valence-electron chi connectivity index (χ3n) is 5.05. The molecule has 1 aromatic carbocycles. The molecule has 0 radical (unpaired) electrons. The molecule has 3 rings (SSSR count). The van der Waals surface area contributed by atoms with Crippen molar-refractivity contribution in [1.82, 2.24) is 15.1 Å².